The van der Waals surface area contributed by atoms with Crippen LogP contribution in [0.5, 0.6) is 0 Å². The average molecular weight is 325 g/mol. The van der Waals surface area contributed by atoms with Crippen LogP contribution in [0.2, 0.25) is 5.02 Å². The second-order valence-corrected chi connectivity index (χ2v) is 7.17. The molecule has 120 valence electrons. The van der Waals surface area contributed by atoms with Gasteiger partial charge in [0.1, 0.15) is 5.82 Å². The quantitative estimate of drug-likeness (QED) is 0.875. The van der Waals surface area contributed by atoms with E-state index in [1.807, 2.05) is 0 Å². The number of nitrogens with two attached hydrogens (primary N) is 1. The van der Waals surface area contributed by atoms with Crippen molar-refractivity contribution in [1.82, 2.24) is 5.32 Å². The Bertz CT molecular complexity index is 578. The van der Waals surface area contributed by atoms with Crippen molar-refractivity contribution in [2.24, 2.45) is 17.6 Å². The van der Waals surface area contributed by atoms with Crippen LogP contribution < -0.4 is 11.1 Å². The molecule has 2 fully saturated rings. The van der Waals surface area contributed by atoms with Gasteiger partial charge in [0.15, 0.2) is 0 Å². The summed E-state index contributed by atoms with van der Waals surface area (Å²) in [6.07, 6.45) is 5.39. The van der Waals surface area contributed by atoms with Crippen molar-refractivity contribution < 1.29 is 9.18 Å². The van der Waals surface area contributed by atoms with E-state index >= 15 is 0 Å². The Hall–Kier alpha value is -1.13. The number of halogens is 2. The lowest BCUT2D eigenvalue weighted by atomic mass is 9.67. The molecule has 1 amide bonds. The number of aryl methyl sites for hydroxylation is 1. The number of nitrogens with one attached hydrogen (secondary N) is 1. The molecule has 2 aliphatic rings. The van der Waals surface area contributed by atoms with E-state index in [2.05, 4.69) is 5.32 Å². The monoisotopic (exact) mass is 324 g/mol. The van der Waals surface area contributed by atoms with Crippen molar-refractivity contribution >= 4 is 17.5 Å². The van der Waals surface area contributed by atoms with Crippen LogP contribution in [0.15, 0.2) is 12.1 Å². The van der Waals surface area contributed by atoms with Gasteiger partial charge in [-0.15, -0.1) is 0 Å². The minimum Gasteiger partial charge on any atom is -0.349 e. The molecule has 3 nitrogen and oxygen atoms in total. The maximum Gasteiger partial charge on any atom is 0.253 e. The molecule has 0 spiro atoms. The molecule has 0 heterocycles. The van der Waals surface area contributed by atoms with Crippen LogP contribution in [0.3, 0.4) is 0 Å². The van der Waals surface area contributed by atoms with E-state index in [0.717, 1.165) is 25.7 Å². The van der Waals surface area contributed by atoms with Gasteiger partial charge in [0, 0.05) is 12.1 Å². The number of carbonyl (C=O) groups is 1. The molecule has 2 aliphatic carbocycles. The van der Waals surface area contributed by atoms with Crippen molar-refractivity contribution in [3.63, 3.8) is 0 Å². The van der Waals surface area contributed by atoms with E-state index in [1.54, 1.807) is 6.92 Å². The van der Waals surface area contributed by atoms with Gasteiger partial charge < -0.3 is 11.1 Å². The normalized spacial score (nSPS) is 30.9. The number of hydrogen-bond donors (Lipinski definition) is 2. The first-order valence-electron chi connectivity index (χ1n) is 7.97. The minimum absolute atomic E-state index is 0.165. The molecule has 0 aliphatic heterocycles. The predicted octanol–water partition coefficient (Wildman–Crippen LogP) is 3.42. The first-order chi connectivity index (χ1) is 10.5. The van der Waals surface area contributed by atoms with E-state index in [0.29, 0.717) is 23.0 Å². The van der Waals surface area contributed by atoms with Gasteiger partial charge in [-0.3, -0.25) is 4.79 Å². The van der Waals surface area contributed by atoms with E-state index in [9.17, 15) is 9.18 Å². The van der Waals surface area contributed by atoms with Crippen LogP contribution in [-0.2, 0) is 0 Å². The van der Waals surface area contributed by atoms with Crippen molar-refractivity contribution in [2.45, 2.75) is 51.1 Å². The Morgan fingerprint density at radius 3 is 2.59 bits per heavy atom. The largest absolute Gasteiger partial charge is 0.349 e. The highest BCUT2D eigenvalue weighted by atomic mass is 35.5. The Kier molecular flexibility index (Phi) is 4.42. The molecular weight excluding hydrogens is 303 g/mol. The average Bonchev–Trinajstić information content (AvgIpc) is 2.43. The summed E-state index contributed by atoms with van der Waals surface area (Å²) in [5.41, 5.74) is 6.90. The maximum absolute atomic E-state index is 13.5. The fourth-order valence-electron chi connectivity index (χ4n) is 4.09. The molecule has 0 aromatic heterocycles. The standard InChI is InChI=1S/C17H22ClFN2O/c1-9-5-13(14(18)8-15(9)19)17(22)21-16-10-3-2-4-11(16)7-12(20)6-10/h5,8,10-12,16H,2-4,6-7,20H2,1H3,(H,21,22). The van der Waals surface area contributed by atoms with Gasteiger partial charge in [-0.25, -0.2) is 4.39 Å². The van der Waals surface area contributed by atoms with Gasteiger partial charge in [-0.2, -0.15) is 0 Å². The van der Waals surface area contributed by atoms with Gasteiger partial charge >= 0.3 is 0 Å². The summed E-state index contributed by atoms with van der Waals surface area (Å²) in [6, 6.07) is 3.16. The molecular formula is C17H22ClFN2O. The molecule has 22 heavy (non-hydrogen) atoms. The van der Waals surface area contributed by atoms with Crippen molar-refractivity contribution in [1.29, 1.82) is 0 Å². The van der Waals surface area contributed by atoms with Gasteiger partial charge in [0.2, 0.25) is 0 Å². The third-order valence-corrected chi connectivity index (χ3v) is 5.48. The number of amides is 1. The number of hydrogen-bond acceptors (Lipinski definition) is 2. The van der Waals surface area contributed by atoms with Gasteiger partial charge in [0.25, 0.3) is 5.91 Å². The summed E-state index contributed by atoms with van der Waals surface area (Å²) in [7, 11) is 0. The van der Waals surface area contributed by atoms with Crippen LogP contribution in [-0.4, -0.2) is 18.0 Å². The first kappa shape index (κ1) is 15.8. The second-order valence-electron chi connectivity index (χ2n) is 6.76. The number of rotatable bonds is 2. The highest BCUT2D eigenvalue weighted by Crippen LogP contribution is 2.39. The van der Waals surface area contributed by atoms with Crippen molar-refractivity contribution in [3.05, 3.63) is 34.1 Å². The topological polar surface area (TPSA) is 55.1 Å². The lowest BCUT2D eigenvalue weighted by molar-refractivity contribution is 0.0756. The van der Waals surface area contributed by atoms with Gasteiger partial charge in [-0.05, 0) is 62.1 Å². The zero-order valence-electron chi connectivity index (χ0n) is 12.7. The maximum atomic E-state index is 13.5. The summed E-state index contributed by atoms with van der Waals surface area (Å²) in [5, 5.41) is 3.31. The molecule has 0 radical (unpaired) electrons. The third kappa shape index (κ3) is 2.99. The molecule has 2 atom stereocenters. The second kappa shape index (κ2) is 6.17. The van der Waals surface area contributed by atoms with E-state index in [-0.39, 0.29) is 28.8 Å². The summed E-state index contributed by atoms with van der Waals surface area (Å²) in [6.45, 7) is 1.64. The van der Waals surface area contributed by atoms with Gasteiger partial charge in [0.05, 0.1) is 10.6 Å². The summed E-state index contributed by atoms with van der Waals surface area (Å²) in [5.74, 6) is 0.311. The van der Waals surface area contributed by atoms with Crippen LogP contribution >= 0.6 is 11.6 Å². The Morgan fingerprint density at radius 2 is 1.95 bits per heavy atom. The molecule has 2 bridgehead atoms. The molecule has 5 heteroatoms. The molecule has 3 N–H and O–H groups in total. The lowest BCUT2D eigenvalue weighted by Crippen LogP contribution is -2.53. The molecule has 3 rings (SSSR count). The van der Waals surface area contributed by atoms with E-state index in [4.69, 9.17) is 17.3 Å². The van der Waals surface area contributed by atoms with Crippen LogP contribution in [0.4, 0.5) is 4.39 Å². The fraction of sp³-hybridized carbons (Fsp3) is 0.588. The summed E-state index contributed by atoms with van der Waals surface area (Å²) >= 11 is 6.04. The minimum atomic E-state index is -0.387. The van der Waals surface area contributed by atoms with Crippen LogP contribution in [0.1, 0.15) is 48.0 Å². The lowest BCUT2D eigenvalue weighted by Gasteiger charge is -2.45. The van der Waals surface area contributed by atoms with E-state index in [1.165, 1.54) is 18.6 Å². The molecule has 2 saturated carbocycles. The molecule has 1 aromatic carbocycles. The predicted molar refractivity (Wildman–Crippen MR) is 85.4 cm³/mol. The third-order valence-electron chi connectivity index (χ3n) is 5.17. The van der Waals surface area contributed by atoms with Crippen LogP contribution in [0, 0.1) is 24.6 Å². The number of fused-ring (bicyclic) bond motifs is 2. The van der Waals surface area contributed by atoms with Crippen molar-refractivity contribution in [2.75, 3.05) is 0 Å². The Balaban J connectivity index is 1.78. The SMILES string of the molecule is Cc1cc(C(=O)NC2C3CCCC2CC(N)C3)c(Cl)cc1F. The number of benzene rings is 1. The fourth-order valence-corrected chi connectivity index (χ4v) is 4.32. The molecule has 0 saturated heterocycles. The van der Waals surface area contributed by atoms with Crippen molar-refractivity contribution in [3.8, 4) is 0 Å². The zero-order valence-corrected chi connectivity index (χ0v) is 13.5. The highest BCUT2D eigenvalue weighted by Gasteiger charge is 2.40. The smallest absolute Gasteiger partial charge is 0.253 e. The van der Waals surface area contributed by atoms with Gasteiger partial charge in [-0.1, -0.05) is 18.0 Å². The highest BCUT2D eigenvalue weighted by molar-refractivity contribution is 6.33. The van der Waals surface area contributed by atoms with E-state index < -0.39 is 0 Å². The first-order valence-corrected chi connectivity index (χ1v) is 8.35. The zero-order chi connectivity index (χ0) is 15.9. The summed E-state index contributed by atoms with van der Waals surface area (Å²) in [4.78, 5) is 12.6. The Morgan fingerprint density at radius 1 is 1.32 bits per heavy atom. The molecule has 1 aromatic rings. The number of carbonyl (C=O) groups excluding carboxylic acids is 1. The molecule has 2 unspecified atom stereocenters. The van der Waals surface area contributed by atoms with Crippen LogP contribution in [0.25, 0.3) is 0 Å². The Labute approximate surface area is 135 Å². The summed E-state index contributed by atoms with van der Waals surface area (Å²) < 4.78 is 13.5.